The number of piperazine rings is 1. The van der Waals surface area contributed by atoms with Crippen LogP contribution in [0.25, 0.3) is 0 Å². The molecule has 0 bridgehead atoms. The van der Waals surface area contributed by atoms with Crippen LogP contribution in [0.15, 0.2) is 24.3 Å². The second kappa shape index (κ2) is 8.92. The number of ether oxygens (including phenoxy) is 2. The molecule has 1 aliphatic rings. The number of rotatable bonds is 6. The molecule has 0 amide bonds. The number of methoxy groups -OCH3 is 2. The standard InChI is InChI=1S/C16H25N3O2S/c1-20-12-7-17-16(22)19-10-8-18(9-11-19)13-14-3-5-15(21-2)6-4-14/h3-6H,7-13H2,1-2H3,(H,17,22)/p+1. The lowest BCUT2D eigenvalue weighted by Gasteiger charge is -2.33. The lowest BCUT2D eigenvalue weighted by Crippen LogP contribution is -3.13. The Labute approximate surface area is 138 Å². The first-order valence-electron chi connectivity index (χ1n) is 7.71. The third-order valence-corrected chi connectivity index (χ3v) is 4.36. The molecule has 0 spiro atoms. The van der Waals surface area contributed by atoms with E-state index < -0.39 is 0 Å². The van der Waals surface area contributed by atoms with Crippen LogP contribution in [0.3, 0.4) is 0 Å². The van der Waals surface area contributed by atoms with E-state index in [-0.39, 0.29) is 0 Å². The van der Waals surface area contributed by atoms with Crippen molar-refractivity contribution >= 4 is 17.3 Å². The number of benzene rings is 1. The summed E-state index contributed by atoms with van der Waals surface area (Å²) in [5.74, 6) is 0.913. The molecule has 1 aromatic rings. The number of nitrogens with zero attached hydrogens (tertiary/aromatic N) is 1. The molecular weight excluding hydrogens is 298 g/mol. The Hall–Kier alpha value is -1.37. The highest BCUT2D eigenvalue weighted by atomic mass is 32.1. The summed E-state index contributed by atoms with van der Waals surface area (Å²) in [6.07, 6.45) is 0. The molecular formula is C16H26N3O2S+. The predicted octanol–water partition coefficient (Wildman–Crippen LogP) is -0.0834. The number of hydrogen-bond acceptors (Lipinski definition) is 3. The minimum Gasteiger partial charge on any atom is -0.497 e. The third-order valence-electron chi connectivity index (χ3n) is 3.95. The van der Waals surface area contributed by atoms with E-state index in [1.807, 2.05) is 12.1 Å². The smallest absolute Gasteiger partial charge is 0.169 e. The zero-order chi connectivity index (χ0) is 15.8. The molecule has 122 valence electrons. The highest BCUT2D eigenvalue weighted by Crippen LogP contribution is 2.10. The van der Waals surface area contributed by atoms with E-state index in [9.17, 15) is 0 Å². The van der Waals surface area contributed by atoms with Crippen LogP contribution in [0.2, 0.25) is 0 Å². The summed E-state index contributed by atoms with van der Waals surface area (Å²) in [7, 11) is 3.40. The summed E-state index contributed by atoms with van der Waals surface area (Å²) in [4.78, 5) is 3.85. The molecule has 1 aliphatic heterocycles. The molecule has 0 aromatic heterocycles. The molecule has 6 heteroatoms. The molecule has 0 saturated carbocycles. The molecule has 0 radical (unpaired) electrons. The van der Waals surface area contributed by atoms with E-state index >= 15 is 0 Å². The van der Waals surface area contributed by atoms with Gasteiger partial charge in [-0.15, -0.1) is 0 Å². The van der Waals surface area contributed by atoms with Crippen molar-refractivity contribution in [2.45, 2.75) is 6.54 Å². The lowest BCUT2D eigenvalue weighted by atomic mass is 10.2. The summed E-state index contributed by atoms with van der Waals surface area (Å²) in [6.45, 7) is 6.74. The summed E-state index contributed by atoms with van der Waals surface area (Å²) in [5.41, 5.74) is 1.35. The van der Waals surface area contributed by atoms with Crippen molar-refractivity contribution in [3.63, 3.8) is 0 Å². The largest absolute Gasteiger partial charge is 0.497 e. The van der Waals surface area contributed by atoms with Crippen LogP contribution in [0.1, 0.15) is 5.56 Å². The summed E-state index contributed by atoms with van der Waals surface area (Å²) in [5, 5.41) is 4.09. The topological polar surface area (TPSA) is 38.2 Å². The third kappa shape index (κ3) is 5.12. The van der Waals surface area contributed by atoms with Gasteiger partial charge in [0.15, 0.2) is 5.11 Å². The van der Waals surface area contributed by atoms with Crippen molar-refractivity contribution in [3.05, 3.63) is 29.8 Å². The van der Waals surface area contributed by atoms with Crippen molar-refractivity contribution in [2.24, 2.45) is 0 Å². The summed E-state index contributed by atoms with van der Waals surface area (Å²) in [6, 6.07) is 8.35. The van der Waals surface area contributed by atoms with Crippen LogP contribution in [-0.2, 0) is 11.3 Å². The summed E-state index contributed by atoms with van der Waals surface area (Å²) < 4.78 is 10.2. The first kappa shape index (κ1) is 17.0. The predicted molar refractivity (Wildman–Crippen MR) is 91.4 cm³/mol. The Kier molecular flexibility index (Phi) is 6.89. The first-order chi connectivity index (χ1) is 10.7. The van der Waals surface area contributed by atoms with Gasteiger partial charge >= 0.3 is 0 Å². The van der Waals surface area contributed by atoms with E-state index in [0.29, 0.717) is 6.61 Å². The van der Waals surface area contributed by atoms with Crippen molar-refractivity contribution in [3.8, 4) is 5.75 Å². The molecule has 1 saturated heterocycles. The maximum absolute atomic E-state index is 5.42. The first-order valence-corrected chi connectivity index (χ1v) is 8.12. The monoisotopic (exact) mass is 324 g/mol. The maximum Gasteiger partial charge on any atom is 0.169 e. The fraction of sp³-hybridized carbons (Fsp3) is 0.562. The molecule has 2 rings (SSSR count). The van der Waals surface area contributed by atoms with Gasteiger partial charge in [-0.05, 0) is 36.5 Å². The lowest BCUT2D eigenvalue weighted by molar-refractivity contribution is -0.917. The molecule has 2 N–H and O–H groups in total. The van der Waals surface area contributed by atoms with Crippen LogP contribution < -0.4 is 15.0 Å². The van der Waals surface area contributed by atoms with Crippen LogP contribution in [0, 0.1) is 0 Å². The number of thiocarbonyl (C=S) groups is 1. The van der Waals surface area contributed by atoms with Gasteiger partial charge in [-0.1, -0.05) is 0 Å². The minimum atomic E-state index is 0.683. The molecule has 0 atom stereocenters. The van der Waals surface area contributed by atoms with Crippen LogP contribution in [0.4, 0.5) is 0 Å². The van der Waals surface area contributed by atoms with E-state index in [1.165, 1.54) is 5.56 Å². The van der Waals surface area contributed by atoms with Crippen LogP contribution >= 0.6 is 12.2 Å². The van der Waals surface area contributed by atoms with E-state index in [2.05, 4.69) is 22.3 Å². The van der Waals surface area contributed by atoms with Gasteiger partial charge in [-0.2, -0.15) is 0 Å². The average molecular weight is 324 g/mol. The van der Waals surface area contributed by atoms with E-state index in [4.69, 9.17) is 21.7 Å². The normalized spacial score (nSPS) is 15.6. The fourth-order valence-electron chi connectivity index (χ4n) is 2.61. The van der Waals surface area contributed by atoms with Gasteiger partial charge in [0.25, 0.3) is 0 Å². The second-order valence-electron chi connectivity index (χ2n) is 5.49. The van der Waals surface area contributed by atoms with Gasteiger partial charge in [0.05, 0.1) is 39.9 Å². The molecule has 1 aromatic carbocycles. The molecule has 0 unspecified atom stereocenters. The van der Waals surface area contributed by atoms with Gasteiger partial charge in [-0.3, -0.25) is 0 Å². The fourth-order valence-corrected chi connectivity index (χ4v) is 2.89. The number of nitrogens with one attached hydrogen (secondary N) is 2. The minimum absolute atomic E-state index is 0.683. The zero-order valence-corrected chi connectivity index (χ0v) is 14.2. The average Bonchev–Trinajstić information content (AvgIpc) is 2.56. The Bertz CT molecular complexity index is 459. The van der Waals surface area contributed by atoms with Gasteiger partial charge in [-0.25, -0.2) is 0 Å². The van der Waals surface area contributed by atoms with Crippen LogP contribution in [-0.4, -0.2) is 63.6 Å². The molecule has 22 heavy (non-hydrogen) atoms. The van der Waals surface area contributed by atoms with E-state index in [0.717, 1.165) is 50.1 Å². The van der Waals surface area contributed by atoms with Crippen molar-refractivity contribution < 1.29 is 14.4 Å². The maximum atomic E-state index is 5.42. The Morgan fingerprint density at radius 1 is 1.23 bits per heavy atom. The highest BCUT2D eigenvalue weighted by Gasteiger charge is 2.21. The zero-order valence-electron chi connectivity index (χ0n) is 13.4. The van der Waals surface area contributed by atoms with Crippen molar-refractivity contribution in [1.29, 1.82) is 0 Å². The quantitative estimate of drug-likeness (QED) is 0.565. The SMILES string of the molecule is COCCNC(=S)N1CC[NH+](Cc2ccc(OC)cc2)CC1. The molecule has 0 aliphatic carbocycles. The van der Waals surface area contributed by atoms with Gasteiger partial charge in [0.2, 0.25) is 0 Å². The molecule has 1 heterocycles. The molecule has 1 fully saturated rings. The molecule has 5 nitrogen and oxygen atoms in total. The van der Waals surface area contributed by atoms with Gasteiger partial charge < -0.3 is 24.6 Å². The Morgan fingerprint density at radius 3 is 2.50 bits per heavy atom. The van der Waals surface area contributed by atoms with Crippen molar-refractivity contribution in [2.75, 3.05) is 53.6 Å². The second-order valence-corrected chi connectivity index (χ2v) is 5.87. The van der Waals surface area contributed by atoms with Crippen molar-refractivity contribution in [1.82, 2.24) is 10.2 Å². The number of hydrogen-bond donors (Lipinski definition) is 2. The Morgan fingerprint density at radius 2 is 1.91 bits per heavy atom. The van der Waals surface area contributed by atoms with Gasteiger partial charge in [0, 0.05) is 19.2 Å². The number of quaternary nitrogens is 1. The Balaban J connectivity index is 1.73. The van der Waals surface area contributed by atoms with Gasteiger partial charge in [0.1, 0.15) is 12.3 Å². The van der Waals surface area contributed by atoms with E-state index in [1.54, 1.807) is 19.1 Å². The highest BCUT2D eigenvalue weighted by molar-refractivity contribution is 7.80. The van der Waals surface area contributed by atoms with Crippen LogP contribution in [0.5, 0.6) is 5.75 Å². The summed E-state index contributed by atoms with van der Waals surface area (Å²) >= 11 is 5.42.